The van der Waals surface area contributed by atoms with Crippen LogP contribution in [0.3, 0.4) is 0 Å². The van der Waals surface area contributed by atoms with Crippen LogP contribution in [-0.4, -0.2) is 59.9 Å². The number of carbonyl (C=O) groups excluding carboxylic acids is 2. The second kappa shape index (κ2) is 40.0. The Morgan fingerprint density at radius 1 is 0.544 bits per heavy atom. The molecule has 0 radical (unpaired) electrons. The topological polar surface area (TPSA) is 172 Å². The summed E-state index contributed by atoms with van der Waals surface area (Å²) >= 11 is 0. The fraction of sp³-hybridized carbons (Fsp3) is 0.711. The molecule has 0 aliphatic rings. The van der Waals surface area contributed by atoms with Gasteiger partial charge in [0.15, 0.2) is 6.10 Å². The molecular weight excluding hydrogens is 745 g/mol. The summed E-state index contributed by atoms with van der Waals surface area (Å²) in [6.07, 6.45) is 45.9. The van der Waals surface area contributed by atoms with Crippen LogP contribution < -0.4 is 5.73 Å². The number of phosphoric acid groups is 1. The summed E-state index contributed by atoms with van der Waals surface area (Å²) in [5, 5.41) is 8.88. The molecule has 57 heavy (non-hydrogen) atoms. The molecule has 0 bridgehead atoms. The summed E-state index contributed by atoms with van der Waals surface area (Å²) < 4.78 is 32.6. The number of carbonyl (C=O) groups is 3. The summed E-state index contributed by atoms with van der Waals surface area (Å²) in [5.41, 5.74) is 5.32. The standard InChI is InChI=1S/C45H78NO10P/c1-3-5-7-9-11-13-15-17-18-19-20-21-22-23-24-25-27-28-30-32-34-36-43(47)53-38-41(39-54-57(51,52)55-40-42(46)45(49)50)56-44(48)37-35-33-31-29-26-16-14-12-10-8-6-4-2/h12,14,18-19,21-22,24-25,28,30,41-42H,3-11,13,15-17,20,23,26-27,29,31-40,46H2,1-2H3,(H,49,50)(H,51,52)/b14-12+,19-18+,22-21+,25-24+,30-28+/t41-,42-/m0/s1. The Morgan fingerprint density at radius 3 is 1.49 bits per heavy atom. The number of phosphoric ester groups is 1. The molecule has 0 aliphatic carbocycles. The molecule has 3 atom stereocenters. The number of ether oxygens (including phenoxy) is 2. The van der Waals surface area contributed by atoms with Crippen LogP contribution in [0.1, 0.15) is 174 Å². The van der Waals surface area contributed by atoms with Crippen LogP contribution in [0.4, 0.5) is 0 Å². The highest BCUT2D eigenvalue weighted by Gasteiger charge is 2.28. The maximum atomic E-state index is 12.6. The summed E-state index contributed by atoms with van der Waals surface area (Å²) in [4.78, 5) is 45.9. The number of unbranched alkanes of at least 4 members (excludes halogenated alkanes) is 16. The number of rotatable bonds is 40. The van der Waals surface area contributed by atoms with E-state index in [2.05, 4.69) is 73.1 Å². The van der Waals surface area contributed by atoms with Crippen LogP contribution in [-0.2, 0) is 37.5 Å². The molecule has 0 spiro atoms. The van der Waals surface area contributed by atoms with Crippen molar-refractivity contribution in [3.05, 3.63) is 60.8 Å². The maximum Gasteiger partial charge on any atom is 0.472 e. The monoisotopic (exact) mass is 824 g/mol. The number of hydrogen-bond donors (Lipinski definition) is 3. The molecule has 0 saturated heterocycles. The fourth-order valence-corrected chi connectivity index (χ4v) is 6.30. The summed E-state index contributed by atoms with van der Waals surface area (Å²) in [5.74, 6) is -2.47. The molecule has 0 aliphatic heterocycles. The molecule has 0 saturated carbocycles. The molecule has 1 unspecified atom stereocenters. The van der Waals surface area contributed by atoms with E-state index in [1.807, 2.05) is 6.08 Å². The van der Waals surface area contributed by atoms with Crippen LogP contribution in [0.15, 0.2) is 60.8 Å². The minimum absolute atomic E-state index is 0.137. The van der Waals surface area contributed by atoms with E-state index < -0.39 is 51.1 Å². The van der Waals surface area contributed by atoms with Crippen molar-refractivity contribution in [3.8, 4) is 0 Å². The van der Waals surface area contributed by atoms with Crippen LogP contribution in [0, 0.1) is 0 Å². The van der Waals surface area contributed by atoms with Gasteiger partial charge in [-0.25, -0.2) is 4.57 Å². The van der Waals surface area contributed by atoms with E-state index >= 15 is 0 Å². The average molecular weight is 824 g/mol. The number of carboxylic acid groups (broad SMARTS) is 1. The zero-order valence-electron chi connectivity index (χ0n) is 35.4. The van der Waals surface area contributed by atoms with Crippen LogP contribution >= 0.6 is 7.82 Å². The van der Waals surface area contributed by atoms with E-state index in [0.29, 0.717) is 19.3 Å². The number of aliphatic carboxylic acids is 1. The second-order valence-electron chi connectivity index (χ2n) is 14.5. The molecular formula is C45H78NO10P. The van der Waals surface area contributed by atoms with Crippen LogP contribution in [0.5, 0.6) is 0 Å². The number of nitrogens with two attached hydrogens (primary N) is 1. The highest BCUT2D eigenvalue weighted by molar-refractivity contribution is 7.47. The lowest BCUT2D eigenvalue weighted by molar-refractivity contribution is -0.161. The van der Waals surface area contributed by atoms with Crippen molar-refractivity contribution in [1.82, 2.24) is 0 Å². The third kappa shape index (κ3) is 39.8. The van der Waals surface area contributed by atoms with E-state index in [1.54, 1.807) is 0 Å². The van der Waals surface area contributed by atoms with Gasteiger partial charge in [-0.15, -0.1) is 0 Å². The summed E-state index contributed by atoms with van der Waals surface area (Å²) in [7, 11) is -4.73. The van der Waals surface area contributed by atoms with Gasteiger partial charge in [0.1, 0.15) is 12.6 Å². The molecule has 0 heterocycles. The van der Waals surface area contributed by atoms with Crippen molar-refractivity contribution >= 4 is 25.7 Å². The van der Waals surface area contributed by atoms with Gasteiger partial charge in [-0.1, -0.05) is 145 Å². The largest absolute Gasteiger partial charge is 0.480 e. The highest BCUT2D eigenvalue weighted by Crippen LogP contribution is 2.43. The van der Waals surface area contributed by atoms with E-state index in [-0.39, 0.29) is 19.4 Å². The van der Waals surface area contributed by atoms with Crippen molar-refractivity contribution in [2.45, 2.75) is 187 Å². The first kappa shape index (κ1) is 54.2. The zero-order chi connectivity index (χ0) is 42.1. The molecule has 11 nitrogen and oxygen atoms in total. The van der Waals surface area contributed by atoms with Gasteiger partial charge in [0.25, 0.3) is 0 Å². The number of allylic oxidation sites excluding steroid dienone is 10. The first-order valence-corrected chi connectivity index (χ1v) is 23.3. The maximum absolute atomic E-state index is 12.6. The lowest BCUT2D eigenvalue weighted by Crippen LogP contribution is -2.34. The smallest absolute Gasteiger partial charge is 0.472 e. The molecule has 0 rings (SSSR count). The van der Waals surface area contributed by atoms with E-state index in [4.69, 9.17) is 24.8 Å². The molecule has 0 aromatic heterocycles. The molecule has 4 N–H and O–H groups in total. The van der Waals surface area contributed by atoms with Gasteiger partial charge in [0.2, 0.25) is 0 Å². The quantitative estimate of drug-likeness (QED) is 0.0232. The number of hydrogen-bond acceptors (Lipinski definition) is 9. The predicted molar refractivity (Wildman–Crippen MR) is 231 cm³/mol. The van der Waals surface area contributed by atoms with Crippen molar-refractivity contribution in [3.63, 3.8) is 0 Å². The normalized spacial score (nSPS) is 14.3. The molecule has 328 valence electrons. The second-order valence-corrected chi connectivity index (χ2v) is 15.9. The molecule has 0 fully saturated rings. The minimum Gasteiger partial charge on any atom is -0.480 e. The number of carboxylic acids is 1. The van der Waals surface area contributed by atoms with Crippen molar-refractivity contribution in [2.75, 3.05) is 19.8 Å². The third-order valence-electron chi connectivity index (χ3n) is 8.99. The first-order chi connectivity index (χ1) is 27.6. The van der Waals surface area contributed by atoms with Gasteiger partial charge in [0, 0.05) is 12.8 Å². The molecule has 12 heteroatoms. The van der Waals surface area contributed by atoms with E-state index in [9.17, 15) is 23.8 Å². The fourth-order valence-electron chi connectivity index (χ4n) is 5.52. The van der Waals surface area contributed by atoms with Crippen molar-refractivity contribution in [1.29, 1.82) is 0 Å². The minimum atomic E-state index is -4.73. The van der Waals surface area contributed by atoms with Gasteiger partial charge in [-0.3, -0.25) is 23.4 Å². The predicted octanol–water partition coefficient (Wildman–Crippen LogP) is 11.6. The average Bonchev–Trinajstić information content (AvgIpc) is 3.19. The lowest BCUT2D eigenvalue weighted by Gasteiger charge is -2.20. The zero-order valence-corrected chi connectivity index (χ0v) is 36.3. The Kier molecular flexibility index (Phi) is 38.0. The third-order valence-corrected chi connectivity index (χ3v) is 9.94. The van der Waals surface area contributed by atoms with Crippen molar-refractivity contribution < 1.29 is 47.5 Å². The SMILES string of the molecule is CCCCC/C=C/CCCCCCCC(=O)O[C@@H](COC(=O)CCC/C=C/C/C=C/C/C=C/C/C=C/CCCCCCCCC)COP(=O)(O)OC[C@H](N)C(=O)O. The Bertz CT molecular complexity index is 1200. The molecule has 0 aromatic rings. The summed E-state index contributed by atoms with van der Waals surface area (Å²) in [6, 6.07) is -1.53. The Morgan fingerprint density at radius 2 is 0.947 bits per heavy atom. The van der Waals surface area contributed by atoms with E-state index in [0.717, 1.165) is 57.8 Å². The Labute approximate surface area is 345 Å². The van der Waals surface area contributed by atoms with Gasteiger partial charge < -0.3 is 25.2 Å². The lowest BCUT2D eigenvalue weighted by atomic mass is 10.1. The Balaban J connectivity index is 4.44. The number of esters is 2. The highest BCUT2D eigenvalue weighted by atomic mass is 31.2. The van der Waals surface area contributed by atoms with Crippen LogP contribution in [0.25, 0.3) is 0 Å². The summed E-state index contributed by atoms with van der Waals surface area (Å²) in [6.45, 7) is 2.70. The Hall–Kier alpha value is -2.82. The van der Waals surface area contributed by atoms with Gasteiger partial charge >= 0.3 is 25.7 Å². The van der Waals surface area contributed by atoms with Crippen molar-refractivity contribution in [2.24, 2.45) is 5.73 Å². The van der Waals surface area contributed by atoms with Crippen LogP contribution in [0.2, 0.25) is 0 Å². The molecule has 0 aromatic carbocycles. The molecule has 0 amide bonds. The van der Waals surface area contributed by atoms with Gasteiger partial charge in [0.05, 0.1) is 13.2 Å². The van der Waals surface area contributed by atoms with E-state index in [1.165, 1.54) is 70.6 Å². The van der Waals surface area contributed by atoms with Gasteiger partial charge in [-0.2, -0.15) is 0 Å². The van der Waals surface area contributed by atoms with Gasteiger partial charge in [-0.05, 0) is 77.0 Å². The first-order valence-electron chi connectivity index (χ1n) is 21.8.